The molecule has 102 valence electrons. The molecular formula is C15H17N5. The molecule has 0 aliphatic rings. The fraction of sp³-hybridized carbons (Fsp3) is 0.200. The smallest absolute Gasteiger partial charge is 0.0659 e. The molecule has 0 aliphatic heterocycles. The van der Waals surface area contributed by atoms with Gasteiger partial charge in [0.1, 0.15) is 0 Å². The van der Waals surface area contributed by atoms with Gasteiger partial charge in [-0.15, -0.1) is 0 Å². The number of benzene rings is 1. The predicted molar refractivity (Wildman–Crippen MR) is 76.9 cm³/mol. The van der Waals surface area contributed by atoms with E-state index in [1.807, 2.05) is 29.3 Å². The van der Waals surface area contributed by atoms with E-state index in [1.54, 1.807) is 6.20 Å². The molecule has 0 saturated heterocycles. The lowest BCUT2D eigenvalue weighted by Gasteiger charge is -2.06. The van der Waals surface area contributed by atoms with Gasteiger partial charge in [-0.25, -0.2) is 0 Å². The van der Waals surface area contributed by atoms with Crippen LogP contribution in [0.15, 0.2) is 55.1 Å². The topological polar surface area (TPSA) is 58.5 Å². The lowest BCUT2D eigenvalue weighted by atomic mass is 10.1. The number of hydrogen-bond acceptors (Lipinski definition) is 3. The summed E-state index contributed by atoms with van der Waals surface area (Å²) >= 11 is 0. The highest BCUT2D eigenvalue weighted by Gasteiger charge is 1.98. The van der Waals surface area contributed by atoms with E-state index in [4.69, 9.17) is 0 Å². The number of H-pyrrole nitrogens is 1. The second kappa shape index (κ2) is 6.16. The molecule has 0 spiro atoms. The molecule has 0 fully saturated rings. The summed E-state index contributed by atoms with van der Waals surface area (Å²) in [6.07, 6.45) is 7.51. The van der Waals surface area contributed by atoms with E-state index in [-0.39, 0.29) is 0 Å². The third-order valence-corrected chi connectivity index (χ3v) is 3.14. The van der Waals surface area contributed by atoms with E-state index in [0.717, 1.165) is 19.6 Å². The summed E-state index contributed by atoms with van der Waals surface area (Å²) in [6, 6.07) is 10.5. The van der Waals surface area contributed by atoms with Crippen molar-refractivity contribution >= 4 is 0 Å². The molecule has 0 radical (unpaired) electrons. The molecule has 2 heterocycles. The van der Waals surface area contributed by atoms with Crippen molar-refractivity contribution in [2.75, 3.05) is 0 Å². The number of aromatic amines is 1. The Morgan fingerprint density at radius 1 is 1.05 bits per heavy atom. The number of aromatic nitrogens is 4. The maximum absolute atomic E-state index is 4.21. The Morgan fingerprint density at radius 2 is 1.85 bits per heavy atom. The molecule has 5 nitrogen and oxygen atoms in total. The van der Waals surface area contributed by atoms with Crippen molar-refractivity contribution in [3.05, 3.63) is 71.8 Å². The first kappa shape index (κ1) is 12.6. The lowest BCUT2D eigenvalue weighted by Crippen LogP contribution is -2.12. The number of hydrogen-bond donors (Lipinski definition) is 2. The maximum Gasteiger partial charge on any atom is 0.0659 e. The van der Waals surface area contributed by atoms with Gasteiger partial charge >= 0.3 is 0 Å². The molecule has 3 aromatic rings. The van der Waals surface area contributed by atoms with Gasteiger partial charge < -0.3 is 5.32 Å². The molecule has 0 saturated carbocycles. The minimum atomic E-state index is 0.815. The SMILES string of the molecule is c1cnn(Cc2ccc(CNCc3cn[nH]c3)cc2)c1. The van der Waals surface area contributed by atoms with Gasteiger partial charge in [-0.3, -0.25) is 9.78 Å². The predicted octanol–water partition coefficient (Wildman–Crippen LogP) is 1.94. The van der Waals surface area contributed by atoms with E-state index < -0.39 is 0 Å². The summed E-state index contributed by atoms with van der Waals surface area (Å²) in [5.74, 6) is 0. The van der Waals surface area contributed by atoms with Crippen LogP contribution in [0.1, 0.15) is 16.7 Å². The van der Waals surface area contributed by atoms with Crippen LogP contribution in [-0.4, -0.2) is 20.0 Å². The Bertz CT molecular complexity index is 611. The first-order chi connectivity index (χ1) is 9.90. The average Bonchev–Trinajstić information content (AvgIpc) is 3.14. The minimum absolute atomic E-state index is 0.815. The normalized spacial score (nSPS) is 10.8. The van der Waals surface area contributed by atoms with Gasteiger partial charge in [0.25, 0.3) is 0 Å². The summed E-state index contributed by atoms with van der Waals surface area (Å²) in [6.45, 7) is 2.49. The molecular weight excluding hydrogens is 250 g/mol. The highest BCUT2D eigenvalue weighted by Crippen LogP contribution is 2.06. The van der Waals surface area contributed by atoms with Crippen LogP contribution in [0, 0.1) is 0 Å². The fourth-order valence-corrected chi connectivity index (χ4v) is 2.07. The first-order valence-electron chi connectivity index (χ1n) is 6.64. The van der Waals surface area contributed by atoms with Crippen LogP contribution in [0.2, 0.25) is 0 Å². The Hall–Kier alpha value is -2.40. The van der Waals surface area contributed by atoms with Gasteiger partial charge in [0, 0.05) is 37.2 Å². The number of nitrogens with one attached hydrogen (secondary N) is 2. The molecule has 5 heteroatoms. The molecule has 2 N–H and O–H groups in total. The Balaban J connectivity index is 1.51. The van der Waals surface area contributed by atoms with Gasteiger partial charge in [0.2, 0.25) is 0 Å². The highest BCUT2D eigenvalue weighted by molar-refractivity contribution is 5.22. The van der Waals surface area contributed by atoms with Crippen molar-refractivity contribution < 1.29 is 0 Å². The number of rotatable bonds is 6. The third-order valence-electron chi connectivity index (χ3n) is 3.14. The quantitative estimate of drug-likeness (QED) is 0.717. The highest BCUT2D eigenvalue weighted by atomic mass is 15.3. The number of nitrogens with zero attached hydrogens (tertiary/aromatic N) is 3. The van der Waals surface area contributed by atoms with Crippen LogP contribution < -0.4 is 5.32 Å². The van der Waals surface area contributed by atoms with Crippen LogP contribution in [0.25, 0.3) is 0 Å². The largest absolute Gasteiger partial charge is 0.309 e. The monoisotopic (exact) mass is 267 g/mol. The second-order valence-corrected chi connectivity index (χ2v) is 4.73. The zero-order valence-corrected chi connectivity index (χ0v) is 11.2. The average molecular weight is 267 g/mol. The van der Waals surface area contributed by atoms with Gasteiger partial charge in [-0.2, -0.15) is 10.2 Å². The van der Waals surface area contributed by atoms with Crippen molar-refractivity contribution in [1.82, 2.24) is 25.3 Å². The van der Waals surface area contributed by atoms with Crippen molar-refractivity contribution in [3.8, 4) is 0 Å². The summed E-state index contributed by atoms with van der Waals surface area (Å²) in [5, 5.41) is 14.3. The molecule has 0 amide bonds. The van der Waals surface area contributed by atoms with Crippen molar-refractivity contribution in [2.24, 2.45) is 0 Å². The van der Waals surface area contributed by atoms with Gasteiger partial charge in [-0.1, -0.05) is 24.3 Å². The van der Waals surface area contributed by atoms with Crippen LogP contribution in [0.3, 0.4) is 0 Å². The van der Waals surface area contributed by atoms with Crippen molar-refractivity contribution in [2.45, 2.75) is 19.6 Å². The molecule has 1 aromatic carbocycles. The van der Waals surface area contributed by atoms with Gasteiger partial charge in [-0.05, 0) is 17.2 Å². The van der Waals surface area contributed by atoms with E-state index in [1.165, 1.54) is 16.7 Å². The van der Waals surface area contributed by atoms with E-state index in [2.05, 4.69) is 44.9 Å². The van der Waals surface area contributed by atoms with Crippen LogP contribution in [0.4, 0.5) is 0 Å². The van der Waals surface area contributed by atoms with Gasteiger partial charge in [0.05, 0.1) is 12.7 Å². The maximum atomic E-state index is 4.21. The third kappa shape index (κ3) is 3.33. The summed E-state index contributed by atoms with van der Waals surface area (Å²) in [5.41, 5.74) is 3.70. The van der Waals surface area contributed by atoms with Crippen molar-refractivity contribution in [3.63, 3.8) is 0 Å². The van der Waals surface area contributed by atoms with Crippen LogP contribution in [-0.2, 0) is 19.6 Å². The van der Waals surface area contributed by atoms with Crippen LogP contribution in [0.5, 0.6) is 0 Å². The van der Waals surface area contributed by atoms with E-state index in [9.17, 15) is 0 Å². The molecule has 2 aromatic heterocycles. The lowest BCUT2D eigenvalue weighted by molar-refractivity contribution is 0.682. The Kier molecular flexibility index (Phi) is 3.89. The summed E-state index contributed by atoms with van der Waals surface area (Å²) in [4.78, 5) is 0. The molecule has 0 aliphatic carbocycles. The Morgan fingerprint density at radius 3 is 2.55 bits per heavy atom. The standard InChI is InChI=1S/C15H17N5/c1-6-19-20(7-1)12-14-4-2-13(3-5-14)8-16-9-15-10-17-18-11-15/h1-7,10-11,16H,8-9,12H2,(H,17,18). The molecule has 0 atom stereocenters. The molecule has 20 heavy (non-hydrogen) atoms. The molecule has 3 rings (SSSR count). The van der Waals surface area contributed by atoms with E-state index >= 15 is 0 Å². The second-order valence-electron chi connectivity index (χ2n) is 4.73. The van der Waals surface area contributed by atoms with E-state index in [0.29, 0.717) is 0 Å². The fourth-order valence-electron chi connectivity index (χ4n) is 2.07. The summed E-state index contributed by atoms with van der Waals surface area (Å²) < 4.78 is 1.92. The van der Waals surface area contributed by atoms with Crippen LogP contribution >= 0.6 is 0 Å². The molecule has 0 unspecified atom stereocenters. The van der Waals surface area contributed by atoms with Crippen molar-refractivity contribution in [1.29, 1.82) is 0 Å². The van der Waals surface area contributed by atoms with Gasteiger partial charge in [0.15, 0.2) is 0 Å². The Labute approximate surface area is 117 Å². The minimum Gasteiger partial charge on any atom is -0.309 e. The zero-order valence-electron chi connectivity index (χ0n) is 11.2. The molecule has 0 bridgehead atoms. The first-order valence-corrected chi connectivity index (χ1v) is 6.64. The zero-order chi connectivity index (χ0) is 13.6. The summed E-state index contributed by atoms with van der Waals surface area (Å²) in [7, 11) is 0.